The Hall–Kier alpha value is -2.08. The van der Waals surface area contributed by atoms with Gasteiger partial charge in [0.1, 0.15) is 5.75 Å². The number of aromatic nitrogens is 2. The number of H-pyrrole nitrogens is 1. The van der Waals surface area contributed by atoms with Crippen LogP contribution in [0.3, 0.4) is 0 Å². The molecule has 0 amide bonds. The highest BCUT2D eigenvalue weighted by Gasteiger charge is 2.19. The first kappa shape index (κ1) is 11.0. The molecule has 0 unspecified atom stereocenters. The predicted molar refractivity (Wildman–Crippen MR) is 66.9 cm³/mol. The Balaban J connectivity index is 2.17. The zero-order chi connectivity index (χ0) is 12.7. The molecule has 3 N–H and O–H groups in total. The molecule has 1 aliphatic rings. The van der Waals surface area contributed by atoms with Crippen molar-refractivity contribution < 1.29 is 5.11 Å². The Morgan fingerprint density at radius 1 is 1.33 bits per heavy atom. The van der Waals surface area contributed by atoms with Crippen LogP contribution in [0, 0.1) is 5.92 Å². The summed E-state index contributed by atoms with van der Waals surface area (Å²) in [5, 5.41) is 12.9. The van der Waals surface area contributed by atoms with Gasteiger partial charge in [0.25, 0.3) is 5.56 Å². The summed E-state index contributed by atoms with van der Waals surface area (Å²) in [6, 6.07) is 4.35. The minimum Gasteiger partial charge on any atom is -0.508 e. The standard InChI is InChI=1S/C12H13N3O3/c16-8-1-2-9-10(3-8)14-12(18)15(11(9)17)6-7-4-13-5-7/h1-3,7,13,16H,4-6H2,(H,14,18). The second-order valence-corrected chi connectivity index (χ2v) is 4.60. The van der Waals surface area contributed by atoms with Crippen molar-refractivity contribution in [1.82, 2.24) is 14.9 Å². The first-order chi connectivity index (χ1) is 8.65. The van der Waals surface area contributed by atoms with Crippen molar-refractivity contribution in [2.45, 2.75) is 6.54 Å². The number of aromatic hydroxyl groups is 1. The van der Waals surface area contributed by atoms with Gasteiger partial charge in [0, 0.05) is 31.6 Å². The second kappa shape index (κ2) is 3.99. The lowest BCUT2D eigenvalue weighted by Crippen LogP contribution is -2.48. The lowest BCUT2D eigenvalue weighted by molar-refractivity contribution is 0.299. The maximum atomic E-state index is 12.2. The average Bonchev–Trinajstić information content (AvgIpc) is 2.25. The predicted octanol–water partition coefficient (Wildman–Crippen LogP) is -0.385. The average molecular weight is 247 g/mol. The summed E-state index contributed by atoms with van der Waals surface area (Å²) >= 11 is 0. The van der Waals surface area contributed by atoms with Crippen LogP contribution in [0.5, 0.6) is 5.75 Å². The number of hydrogen-bond donors (Lipinski definition) is 3. The summed E-state index contributed by atoms with van der Waals surface area (Å²) in [5.41, 5.74) is -0.362. The van der Waals surface area contributed by atoms with Gasteiger partial charge in [-0.25, -0.2) is 4.79 Å². The molecular formula is C12H13N3O3. The summed E-state index contributed by atoms with van der Waals surface area (Å²) in [6.45, 7) is 2.09. The highest BCUT2D eigenvalue weighted by Crippen LogP contribution is 2.14. The lowest BCUT2D eigenvalue weighted by atomic mass is 10.0. The van der Waals surface area contributed by atoms with E-state index in [0.29, 0.717) is 23.4 Å². The van der Waals surface area contributed by atoms with Crippen LogP contribution in [-0.2, 0) is 6.54 Å². The summed E-state index contributed by atoms with van der Waals surface area (Å²) in [7, 11) is 0. The minimum atomic E-state index is -0.426. The normalized spacial score (nSPS) is 15.8. The van der Waals surface area contributed by atoms with Crippen molar-refractivity contribution in [1.29, 1.82) is 0 Å². The van der Waals surface area contributed by atoms with Crippen molar-refractivity contribution in [2.24, 2.45) is 5.92 Å². The van der Waals surface area contributed by atoms with E-state index in [1.165, 1.54) is 22.8 Å². The van der Waals surface area contributed by atoms with E-state index < -0.39 is 5.69 Å². The first-order valence-corrected chi connectivity index (χ1v) is 5.82. The number of phenolic OH excluding ortho intramolecular Hbond substituents is 1. The van der Waals surface area contributed by atoms with E-state index in [-0.39, 0.29) is 11.3 Å². The summed E-state index contributed by atoms with van der Waals surface area (Å²) < 4.78 is 1.23. The highest BCUT2D eigenvalue weighted by atomic mass is 16.3. The van der Waals surface area contributed by atoms with Crippen molar-refractivity contribution >= 4 is 10.9 Å². The summed E-state index contributed by atoms with van der Waals surface area (Å²) in [4.78, 5) is 26.6. The third kappa shape index (κ3) is 1.70. The fraction of sp³-hybridized carbons (Fsp3) is 0.333. The molecule has 1 saturated heterocycles. The first-order valence-electron chi connectivity index (χ1n) is 5.82. The lowest BCUT2D eigenvalue weighted by Gasteiger charge is -2.27. The number of rotatable bonds is 2. The van der Waals surface area contributed by atoms with Gasteiger partial charge in [0.05, 0.1) is 10.9 Å². The summed E-state index contributed by atoms with van der Waals surface area (Å²) in [6.07, 6.45) is 0. The molecule has 1 aliphatic heterocycles. The van der Waals surface area contributed by atoms with Gasteiger partial charge in [0.2, 0.25) is 0 Å². The number of benzene rings is 1. The van der Waals surface area contributed by atoms with Crippen LogP contribution in [0.25, 0.3) is 10.9 Å². The molecule has 1 aromatic heterocycles. The number of nitrogens with one attached hydrogen (secondary N) is 2. The molecule has 2 aromatic rings. The zero-order valence-corrected chi connectivity index (χ0v) is 9.64. The Morgan fingerprint density at radius 3 is 2.78 bits per heavy atom. The number of aromatic amines is 1. The molecule has 0 saturated carbocycles. The van der Waals surface area contributed by atoms with Gasteiger partial charge >= 0.3 is 5.69 Å². The summed E-state index contributed by atoms with van der Waals surface area (Å²) in [5.74, 6) is 0.358. The quantitative estimate of drug-likeness (QED) is 0.675. The molecule has 1 aromatic carbocycles. The van der Waals surface area contributed by atoms with E-state index in [0.717, 1.165) is 13.1 Å². The van der Waals surface area contributed by atoms with Gasteiger partial charge in [-0.2, -0.15) is 0 Å². The van der Waals surface area contributed by atoms with Gasteiger partial charge in [-0.3, -0.25) is 9.36 Å². The largest absolute Gasteiger partial charge is 0.508 e. The van der Waals surface area contributed by atoms with Crippen LogP contribution in [0.1, 0.15) is 0 Å². The van der Waals surface area contributed by atoms with Crippen LogP contribution in [0.2, 0.25) is 0 Å². The van der Waals surface area contributed by atoms with Gasteiger partial charge in [-0.1, -0.05) is 0 Å². The minimum absolute atomic E-state index is 0.0264. The molecule has 6 heteroatoms. The van der Waals surface area contributed by atoms with Gasteiger partial charge in [-0.05, 0) is 12.1 Å². The smallest absolute Gasteiger partial charge is 0.328 e. The van der Waals surface area contributed by atoms with Crippen LogP contribution in [0.15, 0.2) is 27.8 Å². The SMILES string of the molecule is O=c1[nH]c2cc(O)ccc2c(=O)n1CC1CNC1. The zero-order valence-electron chi connectivity index (χ0n) is 9.64. The Morgan fingerprint density at radius 2 is 2.11 bits per heavy atom. The number of phenols is 1. The number of nitrogens with zero attached hydrogens (tertiary/aromatic N) is 1. The number of fused-ring (bicyclic) bond motifs is 1. The molecule has 0 radical (unpaired) electrons. The molecule has 94 valence electrons. The molecule has 3 rings (SSSR count). The van der Waals surface area contributed by atoms with Crippen molar-refractivity contribution in [3.8, 4) is 5.75 Å². The van der Waals surface area contributed by atoms with Crippen LogP contribution < -0.4 is 16.6 Å². The molecule has 6 nitrogen and oxygen atoms in total. The topological polar surface area (TPSA) is 87.1 Å². The highest BCUT2D eigenvalue weighted by molar-refractivity contribution is 5.78. The molecule has 0 spiro atoms. The van der Waals surface area contributed by atoms with E-state index in [2.05, 4.69) is 10.3 Å². The Kier molecular flexibility index (Phi) is 2.45. The maximum absolute atomic E-state index is 12.2. The van der Waals surface area contributed by atoms with E-state index in [1.807, 2.05) is 0 Å². The molecule has 1 fully saturated rings. The fourth-order valence-electron chi connectivity index (χ4n) is 2.14. The monoisotopic (exact) mass is 247 g/mol. The van der Waals surface area contributed by atoms with Gasteiger partial charge < -0.3 is 15.4 Å². The van der Waals surface area contributed by atoms with Crippen molar-refractivity contribution in [3.63, 3.8) is 0 Å². The number of hydrogen-bond acceptors (Lipinski definition) is 4. The van der Waals surface area contributed by atoms with E-state index in [1.54, 1.807) is 0 Å². The molecule has 18 heavy (non-hydrogen) atoms. The Bertz CT molecular complexity index is 713. The van der Waals surface area contributed by atoms with Gasteiger partial charge in [0.15, 0.2) is 0 Å². The fourth-order valence-corrected chi connectivity index (χ4v) is 2.14. The van der Waals surface area contributed by atoms with Crippen LogP contribution >= 0.6 is 0 Å². The van der Waals surface area contributed by atoms with Crippen LogP contribution in [0.4, 0.5) is 0 Å². The third-order valence-corrected chi connectivity index (χ3v) is 3.27. The Labute approximate surface area is 102 Å². The molecule has 0 bridgehead atoms. The molecule has 0 aliphatic carbocycles. The van der Waals surface area contributed by atoms with E-state index in [9.17, 15) is 14.7 Å². The van der Waals surface area contributed by atoms with Gasteiger partial charge in [-0.15, -0.1) is 0 Å². The second-order valence-electron chi connectivity index (χ2n) is 4.60. The van der Waals surface area contributed by atoms with Crippen molar-refractivity contribution in [3.05, 3.63) is 39.0 Å². The molecule has 2 heterocycles. The maximum Gasteiger partial charge on any atom is 0.328 e. The van der Waals surface area contributed by atoms with Crippen molar-refractivity contribution in [2.75, 3.05) is 13.1 Å². The van der Waals surface area contributed by atoms with E-state index >= 15 is 0 Å². The third-order valence-electron chi connectivity index (χ3n) is 3.27. The molecular weight excluding hydrogens is 234 g/mol. The van der Waals surface area contributed by atoms with Crippen LogP contribution in [-0.4, -0.2) is 27.7 Å². The molecule has 0 atom stereocenters. The van der Waals surface area contributed by atoms with E-state index in [4.69, 9.17) is 0 Å².